The number of benzene rings is 3. The summed E-state index contributed by atoms with van der Waals surface area (Å²) in [6, 6.07) is 14.0. The predicted molar refractivity (Wildman–Crippen MR) is 118 cm³/mol. The minimum absolute atomic E-state index is 0.00867. The molecule has 0 aliphatic carbocycles. The molecule has 11 heteroatoms. The Kier molecular flexibility index (Phi) is 6.96. The molecular formula is C23H18F3NO6S. The van der Waals surface area contributed by atoms with Crippen molar-refractivity contribution in [1.82, 2.24) is 0 Å². The summed E-state index contributed by atoms with van der Waals surface area (Å²) in [7, 11) is -2.49. The zero-order chi connectivity index (χ0) is 25.1. The third kappa shape index (κ3) is 5.37. The van der Waals surface area contributed by atoms with Gasteiger partial charge in [-0.2, -0.15) is 13.2 Å². The molecule has 0 aliphatic rings. The van der Waals surface area contributed by atoms with Gasteiger partial charge in [0.05, 0.1) is 22.5 Å². The van der Waals surface area contributed by atoms with Crippen LogP contribution in [0.4, 0.5) is 18.9 Å². The molecule has 0 spiro atoms. The van der Waals surface area contributed by atoms with E-state index in [0.29, 0.717) is 17.7 Å². The second-order valence-corrected chi connectivity index (χ2v) is 9.11. The van der Waals surface area contributed by atoms with E-state index >= 15 is 0 Å². The van der Waals surface area contributed by atoms with Crippen LogP contribution in [0.5, 0.6) is 17.2 Å². The van der Waals surface area contributed by atoms with Gasteiger partial charge in [0.2, 0.25) is 15.6 Å². The maximum Gasteiger partial charge on any atom is 0.416 e. The lowest BCUT2D eigenvalue weighted by atomic mass is 10.1. The van der Waals surface area contributed by atoms with Crippen LogP contribution in [0.3, 0.4) is 0 Å². The number of nitrogens with zero attached hydrogens (tertiary/aromatic N) is 1. The number of alkyl halides is 3. The van der Waals surface area contributed by atoms with Crippen LogP contribution < -0.4 is 9.47 Å². The van der Waals surface area contributed by atoms with E-state index in [2.05, 4.69) is 6.58 Å². The number of hydrogen-bond donors (Lipinski definition) is 0. The number of hydrogen-bond acceptors (Lipinski definition) is 6. The van der Waals surface area contributed by atoms with Crippen LogP contribution in [-0.4, -0.2) is 20.5 Å². The summed E-state index contributed by atoms with van der Waals surface area (Å²) in [4.78, 5) is 10.3. The van der Waals surface area contributed by atoms with Crippen LogP contribution >= 0.6 is 0 Å². The Morgan fingerprint density at radius 3 is 2.24 bits per heavy atom. The molecule has 0 aliphatic heterocycles. The van der Waals surface area contributed by atoms with Gasteiger partial charge in [0, 0.05) is 17.4 Å². The first-order valence-corrected chi connectivity index (χ1v) is 11.1. The number of nitro groups is 1. The van der Waals surface area contributed by atoms with Gasteiger partial charge in [-0.25, -0.2) is 8.42 Å². The number of methoxy groups -OCH3 is 1. The standard InChI is InChI=1S/C23H18F3NO6S/c1-15(34(30,31)18-6-4-3-5-7-18)12-16-8-10-21(22(13-16)32-2)33-20-11-9-17(23(24,25)26)14-19(20)27(28)29/h3-11,13-14H,1,12H2,2H3. The molecule has 34 heavy (non-hydrogen) atoms. The molecule has 0 atom stereocenters. The van der Waals surface area contributed by atoms with Gasteiger partial charge in [-0.3, -0.25) is 10.1 Å². The molecule has 0 aromatic heterocycles. The molecule has 0 saturated carbocycles. The molecule has 3 aromatic rings. The van der Waals surface area contributed by atoms with Crippen molar-refractivity contribution in [3.05, 3.63) is 99.5 Å². The summed E-state index contributed by atoms with van der Waals surface area (Å²) in [5.41, 5.74) is -1.56. The summed E-state index contributed by atoms with van der Waals surface area (Å²) in [5, 5.41) is 11.3. The zero-order valence-corrected chi connectivity index (χ0v) is 18.5. The number of halogens is 3. The third-order valence-corrected chi connectivity index (χ3v) is 6.56. The Morgan fingerprint density at radius 2 is 1.65 bits per heavy atom. The van der Waals surface area contributed by atoms with E-state index in [1.807, 2.05) is 0 Å². The van der Waals surface area contributed by atoms with Gasteiger partial charge in [-0.05, 0) is 42.0 Å². The van der Waals surface area contributed by atoms with Crippen LogP contribution in [0.1, 0.15) is 11.1 Å². The van der Waals surface area contributed by atoms with Gasteiger partial charge in [0.1, 0.15) is 0 Å². The van der Waals surface area contributed by atoms with Crippen molar-refractivity contribution in [1.29, 1.82) is 0 Å². The Hall–Kier alpha value is -3.86. The quantitative estimate of drug-likeness (QED) is 0.284. The third-order valence-electron chi connectivity index (χ3n) is 4.77. The Bertz CT molecular complexity index is 1340. The number of nitro benzene ring substituents is 1. The molecule has 0 N–H and O–H groups in total. The second kappa shape index (κ2) is 9.56. The lowest BCUT2D eigenvalue weighted by Crippen LogP contribution is -2.07. The fourth-order valence-corrected chi connectivity index (χ4v) is 4.24. The lowest BCUT2D eigenvalue weighted by molar-refractivity contribution is -0.385. The minimum Gasteiger partial charge on any atom is -0.493 e. The minimum atomic E-state index is -4.76. The van der Waals surface area contributed by atoms with Crippen LogP contribution in [0, 0.1) is 10.1 Å². The summed E-state index contributed by atoms with van der Waals surface area (Å²) < 4.78 is 74.9. The molecule has 0 saturated heterocycles. The van der Waals surface area contributed by atoms with Crippen molar-refractivity contribution in [2.75, 3.05) is 7.11 Å². The van der Waals surface area contributed by atoms with Gasteiger partial charge in [0.15, 0.2) is 11.5 Å². The van der Waals surface area contributed by atoms with Crippen molar-refractivity contribution in [3.8, 4) is 17.2 Å². The fraction of sp³-hybridized carbons (Fsp3) is 0.130. The molecule has 178 valence electrons. The van der Waals surface area contributed by atoms with E-state index in [4.69, 9.17) is 9.47 Å². The summed E-state index contributed by atoms with van der Waals surface area (Å²) >= 11 is 0. The zero-order valence-electron chi connectivity index (χ0n) is 17.7. The number of sulfone groups is 1. The molecule has 0 unspecified atom stereocenters. The van der Waals surface area contributed by atoms with Crippen LogP contribution in [-0.2, 0) is 22.4 Å². The Labute approximate surface area is 193 Å². The van der Waals surface area contributed by atoms with E-state index in [1.165, 1.54) is 37.4 Å². The highest BCUT2D eigenvalue weighted by Gasteiger charge is 2.33. The first-order valence-electron chi connectivity index (χ1n) is 9.62. The van der Waals surface area contributed by atoms with Gasteiger partial charge in [0.25, 0.3) is 0 Å². The molecule has 7 nitrogen and oxygen atoms in total. The van der Waals surface area contributed by atoms with Crippen molar-refractivity contribution >= 4 is 15.5 Å². The van der Waals surface area contributed by atoms with Gasteiger partial charge >= 0.3 is 11.9 Å². The van der Waals surface area contributed by atoms with E-state index in [1.54, 1.807) is 18.2 Å². The van der Waals surface area contributed by atoms with Crippen molar-refractivity contribution in [2.45, 2.75) is 17.5 Å². The molecule has 0 heterocycles. The first-order chi connectivity index (χ1) is 15.9. The Morgan fingerprint density at radius 1 is 1.00 bits per heavy atom. The topological polar surface area (TPSA) is 95.7 Å². The van der Waals surface area contributed by atoms with E-state index in [9.17, 15) is 31.7 Å². The van der Waals surface area contributed by atoms with E-state index in [-0.39, 0.29) is 27.7 Å². The summed E-state index contributed by atoms with van der Waals surface area (Å²) in [6.07, 6.45) is -4.81. The average Bonchev–Trinajstić information content (AvgIpc) is 2.79. The van der Waals surface area contributed by atoms with Crippen LogP contribution in [0.25, 0.3) is 0 Å². The molecule has 3 aromatic carbocycles. The van der Waals surface area contributed by atoms with Gasteiger partial charge < -0.3 is 9.47 Å². The van der Waals surface area contributed by atoms with Crippen LogP contribution in [0.2, 0.25) is 0 Å². The van der Waals surface area contributed by atoms with Gasteiger partial charge in [-0.15, -0.1) is 0 Å². The summed E-state index contributed by atoms with van der Waals surface area (Å²) in [6.45, 7) is 3.68. The highest BCUT2D eigenvalue weighted by molar-refractivity contribution is 7.95. The SMILES string of the molecule is C=C(Cc1ccc(Oc2ccc(C(F)(F)F)cc2[N+](=O)[O-])c(OC)c1)S(=O)(=O)c1ccccc1. The normalized spacial score (nSPS) is 11.6. The van der Waals surface area contributed by atoms with Crippen molar-refractivity contribution in [3.63, 3.8) is 0 Å². The van der Waals surface area contributed by atoms with Crippen molar-refractivity contribution in [2.24, 2.45) is 0 Å². The smallest absolute Gasteiger partial charge is 0.416 e. The number of ether oxygens (including phenoxy) is 2. The van der Waals surface area contributed by atoms with E-state index in [0.717, 1.165) is 6.07 Å². The first kappa shape index (κ1) is 24.8. The lowest BCUT2D eigenvalue weighted by Gasteiger charge is -2.14. The predicted octanol–water partition coefficient (Wildman–Crippen LogP) is 5.94. The van der Waals surface area contributed by atoms with E-state index < -0.39 is 37.9 Å². The second-order valence-electron chi connectivity index (χ2n) is 7.06. The monoisotopic (exact) mass is 493 g/mol. The average molecular weight is 493 g/mol. The molecule has 0 bridgehead atoms. The number of allylic oxidation sites excluding steroid dienone is 1. The van der Waals surface area contributed by atoms with Gasteiger partial charge in [-0.1, -0.05) is 30.8 Å². The van der Waals surface area contributed by atoms with Crippen molar-refractivity contribution < 1.29 is 36.0 Å². The highest BCUT2D eigenvalue weighted by atomic mass is 32.2. The molecular weight excluding hydrogens is 475 g/mol. The maximum absolute atomic E-state index is 12.9. The molecule has 0 radical (unpaired) electrons. The molecule has 3 rings (SSSR count). The maximum atomic E-state index is 12.9. The Balaban J connectivity index is 1.88. The molecule has 0 fully saturated rings. The largest absolute Gasteiger partial charge is 0.493 e. The summed E-state index contributed by atoms with van der Waals surface area (Å²) in [5.74, 6) is -0.331. The fourth-order valence-electron chi connectivity index (χ4n) is 3.04. The highest BCUT2D eigenvalue weighted by Crippen LogP contribution is 2.40. The number of rotatable bonds is 8. The molecule has 0 amide bonds. The van der Waals surface area contributed by atoms with Crippen LogP contribution in [0.15, 0.2) is 83.1 Å².